The smallest absolute Gasteiger partial charge is 0.272 e. The van der Waals surface area contributed by atoms with Gasteiger partial charge in [-0.2, -0.15) is 5.10 Å². The second-order valence-electron chi connectivity index (χ2n) is 5.63. The van der Waals surface area contributed by atoms with Crippen LogP contribution in [0.2, 0.25) is 0 Å². The minimum absolute atomic E-state index is 0.0490. The molecule has 2 aromatic rings. The number of para-hydroxylation sites is 1. The quantitative estimate of drug-likeness (QED) is 0.847. The molecule has 1 aromatic heterocycles. The maximum Gasteiger partial charge on any atom is 0.272 e. The molecule has 1 aliphatic rings. The first-order chi connectivity index (χ1) is 10.6. The van der Waals surface area contributed by atoms with E-state index in [2.05, 4.69) is 5.10 Å². The van der Waals surface area contributed by atoms with Crippen LogP contribution in [0.4, 0.5) is 0 Å². The predicted molar refractivity (Wildman–Crippen MR) is 86.5 cm³/mol. The molecule has 2 atom stereocenters. The fraction of sp³-hybridized carbons (Fsp3) is 0.375. The number of amides is 1. The van der Waals surface area contributed by atoms with Gasteiger partial charge < -0.3 is 4.90 Å². The average Bonchev–Trinajstić information content (AvgIpc) is 2.94. The Kier molecular flexibility index (Phi) is 4.38. The number of carbonyl (C=O) groups excluding carboxylic acids is 1. The lowest BCUT2D eigenvalue weighted by Crippen LogP contribution is -2.36. The van der Waals surface area contributed by atoms with Crippen LogP contribution >= 0.6 is 0 Å². The van der Waals surface area contributed by atoms with E-state index in [9.17, 15) is 9.00 Å². The predicted octanol–water partition coefficient (Wildman–Crippen LogP) is 1.71. The van der Waals surface area contributed by atoms with Crippen LogP contribution in [0.15, 0.2) is 42.6 Å². The molecule has 1 aromatic carbocycles. The maximum absolute atomic E-state index is 12.8. The molecule has 0 aliphatic carbocycles. The SMILES string of the molecule is C[C@@H]1CN(C(=O)c2ccnn2-c2ccccc2)CC[S@@](=O)C1. The minimum Gasteiger partial charge on any atom is -0.336 e. The number of nitrogens with zero attached hydrogens (tertiary/aromatic N) is 3. The summed E-state index contributed by atoms with van der Waals surface area (Å²) < 4.78 is 13.5. The highest BCUT2D eigenvalue weighted by atomic mass is 32.2. The van der Waals surface area contributed by atoms with Gasteiger partial charge in [-0.1, -0.05) is 25.1 Å². The van der Waals surface area contributed by atoms with Crippen LogP contribution in [0.3, 0.4) is 0 Å². The zero-order chi connectivity index (χ0) is 15.5. The van der Waals surface area contributed by atoms with Gasteiger partial charge in [-0.3, -0.25) is 9.00 Å². The van der Waals surface area contributed by atoms with Gasteiger partial charge in [0.15, 0.2) is 0 Å². The molecule has 0 spiro atoms. The van der Waals surface area contributed by atoms with Gasteiger partial charge in [-0.15, -0.1) is 0 Å². The molecule has 0 radical (unpaired) electrons. The zero-order valence-corrected chi connectivity index (χ0v) is 13.3. The topological polar surface area (TPSA) is 55.2 Å². The second kappa shape index (κ2) is 6.44. The Labute approximate surface area is 132 Å². The van der Waals surface area contributed by atoms with E-state index in [0.717, 1.165) is 5.69 Å². The Morgan fingerprint density at radius 3 is 2.82 bits per heavy atom. The van der Waals surface area contributed by atoms with Gasteiger partial charge >= 0.3 is 0 Å². The number of carbonyl (C=O) groups is 1. The van der Waals surface area contributed by atoms with Crippen LogP contribution in [0, 0.1) is 5.92 Å². The molecule has 2 heterocycles. The summed E-state index contributed by atoms with van der Waals surface area (Å²) in [6.45, 7) is 3.22. The molecular weight excluding hydrogens is 298 g/mol. The van der Waals surface area contributed by atoms with Gasteiger partial charge in [0, 0.05) is 35.4 Å². The summed E-state index contributed by atoms with van der Waals surface area (Å²) in [6.07, 6.45) is 1.64. The standard InChI is InChI=1S/C16H19N3O2S/c1-13-11-18(9-10-22(21)12-13)16(20)15-7-8-17-19(15)14-5-3-2-4-6-14/h2-8,13H,9-12H2,1H3/t13-,22-/m1/s1. The minimum atomic E-state index is -0.829. The molecule has 3 rings (SSSR count). The van der Waals surface area contributed by atoms with E-state index in [4.69, 9.17) is 0 Å². The van der Waals surface area contributed by atoms with Crippen molar-refractivity contribution < 1.29 is 9.00 Å². The molecule has 6 heteroatoms. The van der Waals surface area contributed by atoms with E-state index >= 15 is 0 Å². The van der Waals surface area contributed by atoms with E-state index in [0.29, 0.717) is 30.3 Å². The summed E-state index contributed by atoms with van der Waals surface area (Å²) in [5.41, 5.74) is 1.41. The molecule has 1 amide bonds. The van der Waals surface area contributed by atoms with Crippen molar-refractivity contribution in [3.63, 3.8) is 0 Å². The van der Waals surface area contributed by atoms with Crippen molar-refractivity contribution in [1.82, 2.24) is 14.7 Å². The molecule has 5 nitrogen and oxygen atoms in total. The molecule has 0 unspecified atom stereocenters. The number of hydrogen-bond acceptors (Lipinski definition) is 3. The van der Waals surface area contributed by atoms with Crippen molar-refractivity contribution in [1.29, 1.82) is 0 Å². The molecule has 0 bridgehead atoms. The van der Waals surface area contributed by atoms with E-state index in [1.165, 1.54) is 0 Å². The van der Waals surface area contributed by atoms with Crippen LogP contribution in [0.1, 0.15) is 17.4 Å². The second-order valence-corrected chi connectivity index (χ2v) is 7.25. The number of hydrogen-bond donors (Lipinski definition) is 0. The fourth-order valence-corrected chi connectivity index (χ4v) is 4.05. The van der Waals surface area contributed by atoms with Gasteiger partial charge in [0.2, 0.25) is 0 Å². The van der Waals surface area contributed by atoms with Crippen LogP contribution in [0.5, 0.6) is 0 Å². The highest BCUT2D eigenvalue weighted by Gasteiger charge is 2.25. The lowest BCUT2D eigenvalue weighted by atomic mass is 10.2. The van der Waals surface area contributed by atoms with Crippen LogP contribution in [0.25, 0.3) is 5.69 Å². The van der Waals surface area contributed by atoms with E-state index in [1.807, 2.05) is 37.3 Å². The maximum atomic E-state index is 12.8. The van der Waals surface area contributed by atoms with Crippen molar-refractivity contribution in [2.45, 2.75) is 6.92 Å². The van der Waals surface area contributed by atoms with E-state index < -0.39 is 10.8 Å². The summed E-state index contributed by atoms with van der Waals surface area (Å²) in [5.74, 6) is 1.42. The summed E-state index contributed by atoms with van der Waals surface area (Å²) in [4.78, 5) is 14.6. The first kappa shape index (κ1) is 15.0. The Bertz CT molecular complexity index is 684. The molecule has 116 valence electrons. The summed E-state index contributed by atoms with van der Waals surface area (Å²) in [7, 11) is -0.829. The van der Waals surface area contributed by atoms with Gasteiger partial charge in [0.05, 0.1) is 11.9 Å². The summed E-state index contributed by atoms with van der Waals surface area (Å²) in [6, 6.07) is 11.3. The number of benzene rings is 1. The Balaban J connectivity index is 1.87. The lowest BCUT2D eigenvalue weighted by molar-refractivity contribution is 0.0742. The van der Waals surface area contributed by atoms with Crippen LogP contribution < -0.4 is 0 Å². The molecule has 1 aliphatic heterocycles. The van der Waals surface area contributed by atoms with Crippen molar-refractivity contribution in [3.05, 3.63) is 48.3 Å². The van der Waals surface area contributed by atoms with Gasteiger partial charge in [0.1, 0.15) is 5.69 Å². The Morgan fingerprint density at radius 2 is 2.05 bits per heavy atom. The zero-order valence-electron chi connectivity index (χ0n) is 12.5. The first-order valence-corrected chi connectivity index (χ1v) is 8.87. The van der Waals surface area contributed by atoms with Gasteiger partial charge in [-0.05, 0) is 24.1 Å². The van der Waals surface area contributed by atoms with E-state index in [1.54, 1.807) is 21.8 Å². The third-order valence-corrected chi connectivity index (χ3v) is 5.32. The molecular formula is C16H19N3O2S. The summed E-state index contributed by atoms with van der Waals surface area (Å²) in [5, 5.41) is 4.27. The highest BCUT2D eigenvalue weighted by Crippen LogP contribution is 2.15. The Morgan fingerprint density at radius 1 is 1.27 bits per heavy atom. The van der Waals surface area contributed by atoms with Crippen molar-refractivity contribution >= 4 is 16.7 Å². The van der Waals surface area contributed by atoms with Crippen molar-refractivity contribution in [3.8, 4) is 5.69 Å². The lowest BCUT2D eigenvalue weighted by Gasteiger charge is -2.22. The molecule has 0 N–H and O–H groups in total. The third kappa shape index (κ3) is 3.11. The van der Waals surface area contributed by atoms with Gasteiger partial charge in [-0.25, -0.2) is 4.68 Å². The van der Waals surface area contributed by atoms with E-state index in [-0.39, 0.29) is 11.8 Å². The van der Waals surface area contributed by atoms with Crippen LogP contribution in [-0.2, 0) is 10.8 Å². The molecule has 0 saturated carbocycles. The largest absolute Gasteiger partial charge is 0.336 e. The van der Waals surface area contributed by atoms with Gasteiger partial charge in [0.25, 0.3) is 5.91 Å². The first-order valence-electron chi connectivity index (χ1n) is 7.39. The van der Waals surface area contributed by atoms with Crippen molar-refractivity contribution in [2.24, 2.45) is 5.92 Å². The van der Waals surface area contributed by atoms with Crippen molar-refractivity contribution in [2.75, 3.05) is 24.6 Å². The highest BCUT2D eigenvalue weighted by molar-refractivity contribution is 7.85. The third-order valence-electron chi connectivity index (χ3n) is 3.74. The normalized spacial score (nSPS) is 22.3. The molecule has 1 fully saturated rings. The monoisotopic (exact) mass is 317 g/mol. The average molecular weight is 317 g/mol. The summed E-state index contributed by atoms with van der Waals surface area (Å²) >= 11 is 0. The number of rotatable bonds is 2. The van der Waals surface area contributed by atoms with Crippen LogP contribution in [-0.4, -0.2) is 49.4 Å². The Hall–Kier alpha value is -1.95. The molecule has 1 saturated heterocycles. The molecule has 22 heavy (non-hydrogen) atoms. The fourth-order valence-electron chi connectivity index (χ4n) is 2.72. The number of aromatic nitrogens is 2.